The molecule has 0 bridgehead atoms. The maximum Gasteiger partial charge on any atom is 0.238 e. The average Bonchev–Trinajstić information content (AvgIpc) is 2.38. The third-order valence-electron chi connectivity index (χ3n) is 2.66. The molecule has 0 aliphatic rings. The van der Waals surface area contributed by atoms with Crippen LogP contribution in [-0.2, 0) is 16.6 Å². The van der Waals surface area contributed by atoms with E-state index in [1.807, 2.05) is 30.3 Å². The normalized spacial score (nSPS) is 11.4. The maximum absolute atomic E-state index is 11.3. The van der Waals surface area contributed by atoms with E-state index in [0.717, 1.165) is 16.7 Å². The fourth-order valence-electron chi connectivity index (χ4n) is 1.73. The quantitative estimate of drug-likeness (QED) is 0.878. The van der Waals surface area contributed by atoms with E-state index < -0.39 is 10.0 Å². The van der Waals surface area contributed by atoms with E-state index in [0.29, 0.717) is 6.54 Å². The van der Waals surface area contributed by atoms with Crippen molar-refractivity contribution in [3.05, 3.63) is 54.1 Å². The number of hydrogen-bond donors (Lipinski definition) is 2. The highest BCUT2D eigenvalue weighted by Crippen LogP contribution is 2.22. The van der Waals surface area contributed by atoms with Crippen molar-refractivity contribution in [2.45, 2.75) is 11.4 Å². The van der Waals surface area contributed by atoms with Crippen LogP contribution >= 0.6 is 0 Å². The van der Waals surface area contributed by atoms with Crippen molar-refractivity contribution in [3.8, 4) is 11.1 Å². The molecule has 0 aromatic heterocycles. The third kappa shape index (κ3) is 2.76. The first kappa shape index (κ1) is 12.8. The van der Waals surface area contributed by atoms with Crippen molar-refractivity contribution < 1.29 is 8.42 Å². The lowest BCUT2D eigenvalue weighted by Gasteiger charge is -2.06. The van der Waals surface area contributed by atoms with E-state index in [9.17, 15) is 8.42 Å². The SMILES string of the molecule is NCc1cccc(-c2cccc(S(N)(=O)=O)c2)c1. The highest BCUT2D eigenvalue weighted by atomic mass is 32.2. The van der Waals surface area contributed by atoms with Crippen LogP contribution in [0.25, 0.3) is 11.1 Å². The Hall–Kier alpha value is -1.69. The molecule has 2 aromatic rings. The number of benzene rings is 2. The number of nitrogens with two attached hydrogens (primary N) is 2. The molecule has 0 amide bonds. The second kappa shape index (κ2) is 4.89. The minimum Gasteiger partial charge on any atom is -0.326 e. The van der Waals surface area contributed by atoms with Gasteiger partial charge in [-0.3, -0.25) is 0 Å². The molecule has 5 heteroatoms. The van der Waals surface area contributed by atoms with Crippen molar-refractivity contribution in [2.75, 3.05) is 0 Å². The van der Waals surface area contributed by atoms with Crippen LogP contribution in [-0.4, -0.2) is 8.42 Å². The van der Waals surface area contributed by atoms with Gasteiger partial charge in [-0.25, -0.2) is 13.6 Å². The molecule has 0 saturated carbocycles. The molecule has 94 valence electrons. The maximum atomic E-state index is 11.3. The first-order valence-corrected chi connectivity index (χ1v) is 6.97. The van der Waals surface area contributed by atoms with Crippen LogP contribution in [0.4, 0.5) is 0 Å². The molecule has 4 N–H and O–H groups in total. The van der Waals surface area contributed by atoms with E-state index in [1.54, 1.807) is 12.1 Å². The van der Waals surface area contributed by atoms with Gasteiger partial charge in [0.05, 0.1) is 4.90 Å². The number of primary sulfonamides is 1. The second-order valence-electron chi connectivity index (χ2n) is 3.98. The lowest BCUT2D eigenvalue weighted by molar-refractivity contribution is 0.598. The van der Waals surface area contributed by atoms with Crippen LogP contribution in [0.2, 0.25) is 0 Å². The lowest BCUT2D eigenvalue weighted by atomic mass is 10.0. The smallest absolute Gasteiger partial charge is 0.238 e. The summed E-state index contributed by atoms with van der Waals surface area (Å²) in [7, 11) is -3.67. The van der Waals surface area contributed by atoms with Gasteiger partial charge < -0.3 is 5.73 Å². The van der Waals surface area contributed by atoms with Gasteiger partial charge in [-0.1, -0.05) is 30.3 Å². The first-order chi connectivity index (χ1) is 8.50. The van der Waals surface area contributed by atoms with E-state index in [-0.39, 0.29) is 4.90 Å². The Morgan fingerprint density at radius 2 is 1.56 bits per heavy atom. The summed E-state index contributed by atoms with van der Waals surface area (Å²) in [4.78, 5) is 0.109. The van der Waals surface area contributed by atoms with E-state index in [4.69, 9.17) is 10.9 Å². The van der Waals surface area contributed by atoms with Crippen LogP contribution in [0, 0.1) is 0 Å². The molecule has 0 aliphatic heterocycles. The van der Waals surface area contributed by atoms with Gasteiger partial charge in [0.2, 0.25) is 10.0 Å². The molecule has 0 atom stereocenters. The Balaban J connectivity index is 2.51. The Morgan fingerprint density at radius 3 is 2.17 bits per heavy atom. The molecule has 4 nitrogen and oxygen atoms in total. The van der Waals surface area contributed by atoms with Gasteiger partial charge in [0.1, 0.15) is 0 Å². The highest BCUT2D eigenvalue weighted by molar-refractivity contribution is 7.89. The topological polar surface area (TPSA) is 86.2 Å². The molecule has 0 fully saturated rings. The van der Waals surface area contributed by atoms with Gasteiger partial charge in [-0.2, -0.15) is 0 Å². The van der Waals surface area contributed by atoms with Gasteiger partial charge in [0.25, 0.3) is 0 Å². The van der Waals surface area contributed by atoms with Crippen molar-refractivity contribution in [2.24, 2.45) is 10.9 Å². The van der Waals surface area contributed by atoms with Gasteiger partial charge in [0.15, 0.2) is 0 Å². The largest absolute Gasteiger partial charge is 0.326 e. The molecular weight excluding hydrogens is 248 g/mol. The standard InChI is InChI=1S/C13H14N2O2S/c14-9-10-3-1-4-11(7-10)12-5-2-6-13(8-12)18(15,16)17/h1-8H,9,14H2,(H2,15,16,17). The van der Waals surface area contributed by atoms with Crippen molar-refractivity contribution in [1.82, 2.24) is 0 Å². The Bertz CT molecular complexity index is 666. The molecule has 18 heavy (non-hydrogen) atoms. The zero-order chi connectivity index (χ0) is 13.2. The molecule has 0 radical (unpaired) electrons. The lowest BCUT2D eigenvalue weighted by Crippen LogP contribution is -2.11. The Morgan fingerprint density at radius 1 is 0.944 bits per heavy atom. The monoisotopic (exact) mass is 262 g/mol. The van der Waals surface area contributed by atoms with E-state index in [1.165, 1.54) is 6.07 Å². The van der Waals surface area contributed by atoms with Crippen LogP contribution in [0.15, 0.2) is 53.4 Å². The molecule has 0 saturated heterocycles. The van der Waals surface area contributed by atoms with Crippen molar-refractivity contribution >= 4 is 10.0 Å². The van der Waals surface area contributed by atoms with Crippen LogP contribution < -0.4 is 10.9 Å². The molecular formula is C13H14N2O2S. The zero-order valence-corrected chi connectivity index (χ0v) is 10.5. The molecule has 0 unspecified atom stereocenters. The highest BCUT2D eigenvalue weighted by Gasteiger charge is 2.08. The minimum atomic E-state index is -3.67. The number of rotatable bonds is 3. The predicted molar refractivity (Wildman–Crippen MR) is 71.1 cm³/mol. The fraction of sp³-hybridized carbons (Fsp3) is 0.0769. The second-order valence-corrected chi connectivity index (χ2v) is 5.54. The van der Waals surface area contributed by atoms with Crippen molar-refractivity contribution in [1.29, 1.82) is 0 Å². The summed E-state index contributed by atoms with van der Waals surface area (Å²) in [5.74, 6) is 0. The zero-order valence-electron chi connectivity index (χ0n) is 9.71. The molecule has 0 heterocycles. The summed E-state index contributed by atoms with van der Waals surface area (Å²) >= 11 is 0. The summed E-state index contributed by atoms with van der Waals surface area (Å²) < 4.78 is 22.6. The van der Waals surface area contributed by atoms with E-state index in [2.05, 4.69) is 0 Å². The molecule has 2 rings (SSSR count). The van der Waals surface area contributed by atoms with Crippen LogP contribution in [0.5, 0.6) is 0 Å². The summed E-state index contributed by atoms with van der Waals surface area (Å²) in [5, 5.41) is 5.11. The summed E-state index contributed by atoms with van der Waals surface area (Å²) in [6.45, 7) is 0.447. The molecule has 2 aromatic carbocycles. The Labute approximate surface area is 106 Å². The fourth-order valence-corrected chi connectivity index (χ4v) is 2.29. The van der Waals surface area contributed by atoms with Gasteiger partial charge in [0, 0.05) is 6.54 Å². The Kier molecular flexibility index (Phi) is 3.47. The van der Waals surface area contributed by atoms with Crippen LogP contribution in [0.1, 0.15) is 5.56 Å². The molecule has 0 spiro atoms. The average molecular weight is 262 g/mol. The number of sulfonamides is 1. The van der Waals surface area contributed by atoms with Gasteiger partial charge in [-0.15, -0.1) is 0 Å². The summed E-state index contributed by atoms with van der Waals surface area (Å²) in [6.07, 6.45) is 0. The van der Waals surface area contributed by atoms with E-state index >= 15 is 0 Å². The summed E-state index contributed by atoms with van der Waals surface area (Å²) in [6, 6.07) is 14.2. The third-order valence-corrected chi connectivity index (χ3v) is 3.57. The minimum absolute atomic E-state index is 0.109. The van der Waals surface area contributed by atoms with Crippen molar-refractivity contribution in [3.63, 3.8) is 0 Å². The van der Waals surface area contributed by atoms with Gasteiger partial charge >= 0.3 is 0 Å². The first-order valence-electron chi connectivity index (χ1n) is 5.43. The summed E-state index contributed by atoms with van der Waals surface area (Å²) in [5.41, 5.74) is 8.30. The predicted octanol–water partition coefficient (Wildman–Crippen LogP) is 1.46. The van der Waals surface area contributed by atoms with Crippen LogP contribution in [0.3, 0.4) is 0 Å². The molecule has 0 aliphatic carbocycles. The number of hydrogen-bond acceptors (Lipinski definition) is 3. The van der Waals surface area contributed by atoms with Gasteiger partial charge in [-0.05, 0) is 34.9 Å².